The van der Waals surface area contributed by atoms with Gasteiger partial charge in [0.2, 0.25) is 0 Å². The predicted molar refractivity (Wildman–Crippen MR) is 39.9 cm³/mol. The third kappa shape index (κ3) is 1.93. The smallest absolute Gasteiger partial charge is 0.186 e. The van der Waals surface area contributed by atoms with Crippen LogP contribution in [0.25, 0.3) is 0 Å². The highest BCUT2D eigenvalue weighted by Crippen LogP contribution is 2.20. The average Bonchev–Trinajstić information content (AvgIpc) is 1.86. The normalized spacial score (nSPS) is 11.5. The van der Waals surface area contributed by atoms with E-state index in [1.165, 1.54) is 25.1 Å². The summed E-state index contributed by atoms with van der Waals surface area (Å²) in [7, 11) is 0. The molecule has 0 aromatic heterocycles. The van der Waals surface area contributed by atoms with Crippen molar-refractivity contribution in [2.75, 3.05) is 0 Å². The number of aliphatic hydroxyl groups is 2. The Morgan fingerprint density at radius 2 is 1.91 bits per heavy atom. The molecule has 0 unspecified atom stereocenters. The summed E-state index contributed by atoms with van der Waals surface area (Å²) < 4.78 is 0. The molecule has 3 N–H and O–H groups in total. The Morgan fingerprint density at radius 3 is 2.27 bits per heavy atom. The van der Waals surface area contributed by atoms with Crippen molar-refractivity contribution < 1.29 is 15.3 Å². The molecule has 3 heteroatoms. The monoisotopic (exact) mass is 154 g/mol. The summed E-state index contributed by atoms with van der Waals surface area (Å²) in [5, 5.41) is 27.1. The fraction of sp³-hybridized carbons (Fsp3) is 0.250. The number of phenolic OH excluding ortho intramolecular Hbond substituents is 1. The lowest BCUT2D eigenvalue weighted by atomic mass is 10.1. The van der Waals surface area contributed by atoms with Gasteiger partial charge in [0.25, 0.3) is 0 Å². The summed E-state index contributed by atoms with van der Waals surface area (Å²) in [5.41, 5.74) is 0.275. The lowest BCUT2D eigenvalue weighted by Gasteiger charge is -2.15. The molecule has 0 spiro atoms. The molecular formula is C8H10O3. The van der Waals surface area contributed by atoms with E-state index in [1.54, 1.807) is 6.07 Å². The van der Waals surface area contributed by atoms with Crippen LogP contribution in [0.2, 0.25) is 0 Å². The topological polar surface area (TPSA) is 60.7 Å². The molecule has 1 aromatic rings. The highest BCUT2D eigenvalue weighted by molar-refractivity contribution is 5.29. The van der Waals surface area contributed by atoms with Gasteiger partial charge in [0, 0.05) is 5.56 Å². The molecule has 0 amide bonds. The Morgan fingerprint density at radius 1 is 1.27 bits per heavy atom. The standard InChI is InChI=1S/C8H10O3/c1-8(10,11)6-3-2-4-7(9)5-6/h2-5,9-11H,1H3. The molecule has 1 rings (SSSR count). The van der Waals surface area contributed by atoms with Crippen molar-refractivity contribution in [1.29, 1.82) is 0 Å². The molecule has 0 radical (unpaired) electrons. The maximum atomic E-state index is 9.06. The second kappa shape index (κ2) is 2.53. The van der Waals surface area contributed by atoms with Crippen LogP contribution >= 0.6 is 0 Å². The molecule has 0 heterocycles. The minimum atomic E-state index is -1.88. The first-order chi connectivity index (χ1) is 5.00. The van der Waals surface area contributed by atoms with Crippen LogP contribution in [0.3, 0.4) is 0 Å². The third-order valence-corrected chi connectivity index (χ3v) is 1.39. The van der Waals surface area contributed by atoms with Crippen molar-refractivity contribution in [1.82, 2.24) is 0 Å². The van der Waals surface area contributed by atoms with Crippen molar-refractivity contribution in [3.8, 4) is 5.75 Å². The minimum Gasteiger partial charge on any atom is -0.508 e. The van der Waals surface area contributed by atoms with Gasteiger partial charge in [-0.25, -0.2) is 0 Å². The lowest BCUT2D eigenvalue weighted by Crippen LogP contribution is -2.19. The summed E-state index contributed by atoms with van der Waals surface area (Å²) in [6.07, 6.45) is 0. The summed E-state index contributed by atoms with van der Waals surface area (Å²) in [6, 6.07) is 5.85. The highest BCUT2D eigenvalue weighted by Gasteiger charge is 2.17. The van der Waals surface area contributed by atoms with Crippen LogP contribution in [0.15, 0.2) is 24.3 Å². The zero-order valence-corrected chi connectivity index (χ0v) is 6.15. The van der Waals surface area contributed by atoms with Gasteiger partial charge in [-0.3, -0.25) is 0 Å². The van der Waals surface area contributed by atoms with Crippen LogP contribution in [-0.2, 0) is 5.79 Å². The van der Waals surface area contributed by atoms with Gasteiger partial charge in [0.05, 0.1) is 0 Å². The van der Waals surface area contributed by atoms with Gasteiger partial charge in [0.1, 0.15) is 5.75 Å². The quantitative estimate of drug-likeness (QED) is 0.518. The van der Waals surface area contributed by atoms with Gasteiger partial charge >= 0.3 is 0 Å². The van der Waals surface area contributed by atoms with Crippen molar-refractivity contribution >= 4 is 0 Å². The lowest BCUT2D eigenvalue weighted by molar-refractivity contribution is -0.152. The fourth-order valence-corrected chi connectivity index (χ4v) is 0.801. The van der Waals surface area contributed by atoms with Gasteiger partial charge in [0.15, 0.2) is 5.79 Å². The molecular weight excluding hydrogens is 144 g/mol. The summed E-state index contributed by atoms with van der Waals surface area (Å²) in [6.45, 7) is 1.24. The molecule has 0 atom stereocenters. The van der Waals surface area contributed by atoms with E-state index in [1.807, 2.05) is 0 Å². The Hall–Kier alpha value is -1.06. The fourth-order valence-electron chi connectivity index (χ4n) is 0.801. The van der Waals surface area contributed by atoms with Crippen molar-refractivity contribution in [2.24, 2.45) is 0 Å². The van der Waals surface area contributed by atoms with Crippen molar-refractivity contribution in [3.05, 3.63) is 29.8 Å². The van der Waals surface area contributed by atoms with Gasteiger partial charge < -0.3 is 15.3 Å². The van der Waals surface area contributed by atoms with Gasteiger partial charge in [-0.05, 0) is 19.1 Å². The number of phenols is 1. The van der Waals surface area contributed by atoms with E-state index in [0.717, 1.165) is 0 Å². The predicted octanol–water partition coefficient (Wildman–Crippen LogP) is 0.549. The number of hydrogen-bond acceptors (Lipinski definition) is 3. The van der Waals surface area contributed by atoms with Crippen molar-refractivity contribution in [2.45, 2.75) is 12.7 Å². The van der Waals surface area contributed by atoms with E-state index in [-0.39, 0.29) is 11.3 Å². The Bertz CT molecular complexity index is 250. The Balaban J connectivity index is 3.06. The van der Waals surface area contributed by atoms with Gasteiger partial charge in [-0.2, -0.15) is 0 Å². The molecule has 0 fully saturated rings. The first kappa shape index (κ1) is 8.04. The van der Waals surface area contributed by atoms with E-state index in [9.17, 15) is 0 Å². The summed E-state index contributed by atoms with van der Waals surface area (Å²) >= 11 is 0. The van der Waals surface area contributed by atoms with E-state index in [0.29, 0.717) is 0 Å². The molecule has 0 bridgehead atoms. The minimum absolute atomic E-state index is 0.0248. The molecule has 11 heavy (non-hydrogen) atoms. The van der Waals surface area contributed by atoms with Gasteiger partial charge in [-0.1, -0.05) is 12.1 Å². The zero-order valence-electron chi connectivity index (χ0n) is 6.15. The average molecular weight is 154 g/mol. The summed E-state index contributed by atoms with van der Waals surface area (Å²) in [4.78, 5) is 0. The molecule has 0 aliphatic carbocycles. The maximum Gasteiger partial charge on any atom is 0.186 e. The van der Waals surface area contributed by atoms with Crippen LogP contribution < -0.4 is 0 Å². The number of hydrogen-bond donors (Lipinski definition) is 3. The maximum absolute atomic E-state index is 9.06. The van der Waals surface area contributed by atoms with Crippen LogP contribution in [0, 0.1) is 0 Å². The van der Waals surface area contributed by atoms with Crippen molar-refractivity contribution in [3.63, 3.8) is 0 Å². The molecule has 60 valence electrons. The number of aromatic hydroxyl groups is 1. The van der Waals surface area contributed by atoms with Crippen LogP contribution in [-0.4, -0.2) is 15.3 Å². The molecule has 3 nitrogen and oxygen atoms in total. The summed E-state index contributed by atoms with van der Waals surface area (Å²) in [5.74, 6) is -1.85. The second-order valence-corrected chi connectivity index (χ2v) is 2.57. The highest BCUT2D eigenvalue weighted by atomic mass is 16.5. The number of rotatable bonds is 1. The van der Waals surface area contributed by atoms with Crippen LogP contribution in [0.5, 0.6) is 5.75 Å². The zero-order chi connectivity index (χ0) is 8.48. The molecule has 0 saturated heterocycles. The molecule has 0 saturated carbocycles. The molecule has 0 aliphatic heterocycles. The third-order valence-electron chi connectivity index (χ3n) is 1.39. The Kier molecular flexibility index (Phi) is 1.85. The molecule has 0 aliphatic rings. The SMILES string of the molecule is CC(O)(O)c1cccc(O)c1. The first-order valence-corrected chi connectivity index (χ1v) is 3.24. The van der Waals surface area contributed by atoms with Gasteiger partial charge in [-0.15, -0.1) is 0 Å². The first-order valence-electron chi connectivity index (χ1n) is 3.24. The molecule has 1 aromatic carbocycles. The van der Waals surface area contributed by atoms with E-state index in [2.05, 4.69) is 0 Å². The van der Waals surface area contributed by atoms with Crippen LogP contribution in [0.4, 0.5) is 0 Å². The van der Waals surface area contributed by atoms with E-state index < -0.39 is 5.79 Å². The van der Waals surface area contributed by atoms with E-state index >= 15 is 0 Å². The van der Waals surface area contributed by atoms with E-state index in [4.69, 9.17) is 15.3 Å². The second-order valence-electron chi connectivity index (χ2n) is 2.57. The van der Waals surface area contributed by atoms with Crippen LogP contribution in [0.1, 0.15) is 12.5 Å². The largest absolute Gasteiger partial charge is 0.508 e. The number of benzene rings is 1. The Labute approximate surface area is 64.5 Å².